The molecule has 11 nitrogen and oxygen atoms in total. The van der Waals surface area contributed by atoms with Crippen LogP contribution in [0.1, 0.15) is 174 Å². The summed E-state index contributed by atoms with van der Waals surface area (Å²) in [7, 11) is 0. The van der Waals surface area contributed by atoms with Crippen LogP contribution in [0.2, 0.25) is 0 Å². The summed E-state index contributed by atoms with van der Waals surface area (Å²) in [5.41, 5.74) is -0.00298. The first-order valence-corrected chi connectivity index (χ1v) is 21.8. The number of ether oxygens (including phenoxy) is 8. The molecule has 0 saturated carbocycles. The van der Waals surface area contributed by atoms with Crippen molar-refractivity contribution in [2.24, 2.45) is 0 Å². The molecule has 2 rings (SSSR count). The number of carbonyl (C=O) groups excluding carboxylic acids is 1. The molecular formula is C45H74O11. The number of aromatic hydroxyl groups is 2. The lowest BCUT2D eigenvalue weighted by molar-refractivity contribution is 0.101. The van der Waals surface area contributed by atoms with E-state index in [1.807, 2.05) is 55.4 Å². The summed E-state index contributed by atoms with van der Waals surface area (Å²) in [5.74, 6) is -0.979. The summed E-state index contributed by atoms with van der Waals surface area (Å²) < 4.78 is 51.1. The second kappa shape index (κ2) is 28.5. The predicted octanol–water partition coefficient (Wildman–Crippen LogP) is 11.8. The molecule has 0 fully saturated rings. The lowest BCUT2D eigenvalue weighted by atomic mass is 9.96. The van der Waals surface area contributed by atoms with Crippen LogP contribution in [-0.4, -0.2) is 68.9 Å². The Bertz CT molecular complexity index is 1210. The van der Waals surface area contributed by atoms with Gasteiger partial charge >= 0.3 is 0 Å². The molecule has 0 aromatic heterocycles. The van der Waals surface area contributed by atoms with Crippen molar-refractivity contribution in [2.75, 3.05) is 52.9 Å². The lowest BCUT2D eigenvalue weighted by Gasteiger charge is -2.26. The predicted molar refractivity (Wildman–Crippen MR) is 223 cm³/mol. The molecule has 2 aromatic rings. The van der Waals surface area contributed by atoms with E-state index < -0.39 is 5.78 Å². The van der Waals surface area contributed by atoms with Crippen molar-refractivity contribution in [2.45, 2.75) is 158 Å². The van der Waals surface area contributed by atoms with E-state index >= 15 is 4.79 Å². The van der Waals surface area contributed by atoms with Crippen molar-refractivity contribution in [3.8, 4) is 57.5 Å². The van der Waals surface area contributed by atoms with E-state index in [2.05, 4.69) is 0 Å². The minimum absolute atomic E-state index is 0.00149. The van der Waals surface area contributed by atoms with E-state index in [1.54, 1.807) is 0 Å². The van der Waals surface area contributed by atoms with Crippen LogP contribution in [0.3, 0.4) is 0 Å². The smallest absolute Gasteiger partial charge is 0.208 e. The summed E-state index contributed by atoms with van der Waals surface area (Å²) in [6.07, 6.45) is 12.3. The maximum absolute atomic E-state index is 15.9. The Kier molecular flexibility index (Phi) is 24.6. The lowest BCUT2D eigenvalue weighted by Crippen LogP contribution is -2.17. The van der Waals surface area contributed by atoms with E-state index in [1.165, 1.54) is 0 Å². The molecule has 0 heterocycles. The normalized spacial score (nSPS) is 11.0. The Morgan fingerprint density at radius 3 is 0.643 bits per heavy atom. The second-order valence-electron chi connectivity index (χ2n) is 14.0. The van der Waals surface area contributed by atoms with Crippen LogP contribution in [0.4, 0.5) is 0 Å². The van der Waals surface area contributed by atoms with Gasteiger partial charge in [-0.25, -0.2) is 0 Å². The highest BCUT2D eigenvalue weighted by atomic mass is 16.6. The first-order valence-electron chi connectivity index (χ1n) is 21.8. The van der Waals surface area contributed by atoms with Crippen molar-refractivity contribution in [3.05, 3.63) is 11.1 Å². The first-order chi connectivity index (χ1) is 27.3. The Morgan fingerprint density at radius 2 is 0.482 bits per heavy atom. The number of unbranched alkanes of at least 4 members (excludes halogenated alkanes) is 8. The first kappa shape index (κ1) is 48.3. The molecule has 2 N–H and O–H groups in total. The average molecular weight is 791 g/mol. The Labute approximate surface area is 337 Å². The molecule has 0 spiro atoms. The highest BCUT2D eigenvalue weighted by molar-refractivity contribution is 6.18. The molecule has 0 amide bonds. The van der Waals surface area contributed by atoms with Gasteiger partial charge in [0.15, 0.2) is 23.0 Å². The highest BCUT2D eigenvalue weighted by Crippen LogP contribution is 2.58. The molecule has 11 heteroatoms. The third kappa shape index (κ3) is 14.2. The number of hydrogen-bond donors (Lipinski definition) is 2. The number of hydrogen-bond acceptors (Lipinski definition) is 11. The minimum atomic E-state index is -0.595. The topological polar surface area (TPSA) is 131 Å². The number of rotatable bonds is 34. The fourth-order valence-electron chi connectivity index (χ4n) is 5.47. The van der Waals surface area contributed by atoms with E-state index in [-0.39, 0.29) is 121 Å². The van der Waals surface area contributed by atoms with Gasteiger partial charge in [-0.2, -0.15) is 0 Å². The van der Waals surface area contributed by atoms with Crippen LogP contribution in [-0.2, 0) is 0 Å². The monoisotopic (exact) mass is 791 g/mol. The van der Waals surface area contributed by atoms with Crippen molar-refractivity contribution < 1.29 is 52.9 Å². The molecule has 0 atom stereocenters. The molecule has 0 unspecified atom stereocenters. The third-order valence-electron chi connectivity index (χ3n) is 9.00. The van der Waals surface area contributed by atoms with Crippen LogP contribution in [0, 0.1) is 0 Å². The van der Waals surface area contributed by atoms with Crippen LogP contribution in [0.5, 0.6) is 57.5 Å². The summed E-state index contributed by atoms with van der Waals surface area (Å²) in [5, 5.41) is 23.9. The summed E-state index contributed by atoms with van der Waals surface area (Å²) in [4.78, 5) is 15.9. The quantitative estimate of drug-likeness (QED) is 0.0518. The molecule has 0 aliphatic heterocycles. The molecule has 0 aliphatic carbocycles. The molecule has 0 saturated heterocycles. The number of phenols is 2. The second-order valence-corrected chi connectivity index (χ2v) is 14.0. The van der Waals surface area contributed by atoms with Crippen molar-refractivity contribution >= 4 is 5.78 Å². The van der Waals surface area contributed by atoms with E-state index in [0.717, 1.165) is 51.4 Å². The molecule has 0 aliphatic rings. The van der Waals surface area contributed by atoms with Gasteiger partial charge in [0, 0.05) is 0 Å². The van der Waals surface area contributed by atoms with Gasteiger partial charge in [-0.05, 0) is 51.4 Å². The zero-order valence-corrected chi connectivity index (χ0v) is 36.0. The molecular weight excluding hydrogens is 716 g/mol. The van der Waals surface area contributed by atoms with Gasteiger partial charge in [-0.1, -0.05) is 107 Å². The van der Waals surface area contributed by atoms with Gasteiger partial charge in [0.05, 0.1) is 52.9 Å². The van der Waals surface area contributed by atoms with Crippen LogP contribution >= 0.6 is 0 Å². The van der Waals surface area contributed by atoms with Crippen LogP contribution in [0.25, 0.3) is 0 Å². The SMILES string of the molecule is CCCCOc1c(O)c(OCCCC)c(OCCCC)c(C(=O)c2c(OCCCC)c(OCCCC)c(O)c(OCCCC)c2OCCCC)c1OCCCC. The largest absolute Gasteiger partial charge is 0.501 e. The van der Waals surface area contributed by atoms with Gasteiger partial charge in [-0.15, -0.1) is 0 Å². The fraction of sp³-hybridized carbons (Fsp3) is 0.711. The van der Waals surface area contributed by atoms with Crippen molar-refractivity contribution in [1.29, 1.82) is 0 Å². The standard InChI is InChI=1S/C45H74O11/c1-9-17-25-49-38-33(39(50-26-18-10-2)43(54-30-22-14-6)36(47)42(38)53-29-21-13-5)35(46)34-40(51-27-19-11-3)44(55-31-23-15-7)37(48)45(56-32-24-16-8)41(34)52-28-20-12-4/h47-48H,9-32H2,1-8H3. The Balaban J connectivity index is 3.29. The van der Waals surface area contributed by atoms with Gasteiger partial charge in [-0.3, -0.25) is 4.79 Å². The maximum atomic E-state index is 15.9. The third-order valence-corrected chi connectivity index (χ3v) is 9.00. The van der Waals surface area contributed by atoms with Gasteiger partial charge in [0.1, 0.15) is 11.1 Å². The minimum Gasteiger partial charge on any atom is -0.501 e. The van der Waals surface area contributed by atoms with E-state index in [4.69, 9.17) is 37.9 Å². The average Bonchev–Trinajstić information content (AvgIpc) is 3.19. The summed E-state index contributed by atoms with van der Waals surface area (Å²) in [6.45, 7) is 18.5. The van der Waals surface area contributed by atoms with Gasteiger partial charge < -0.3 is 48.1 Å². The van der Waals surface area contributed by atoms with E-state index in [9.17, 15) is 10.2 Å². The van der Waals surface area contributed by atoms with Crippen LogP contribution < -0.4 is 37.9 Å². The van der Waals surface area contributed by atoms with E-state index in [0.29, 0.717) is 51.4 Å². The zero-order chi connectivity index (χ0) is 41.1. The number of benzene rings is 2. The van der Waals surface area contributed by atoms with Crippen LogP contribution in [0.15, 0.2) is 0 Å². The molecule has 56 heavy (non-hydrogen) atoms. The van der Waals surface area contributed by atoms with Crippen molar-refractivity contribution in [1.82, 2.24) is 0 Å². The maximum Gasteiger partial charge on any atom is 0.208 e. The number of phenolic OH excluding ortho intramolecular Hbond substituents is 2. The molecule has 2 aromatic carbocycles. The highest BCUT2D eigenvalue weighted by Gasteiger charge is 2.39. The molecule has 320 valence electrons. The number of carbonyl (C=O) groups is 1. The number of ketones is 1. The van der Waals surface area contributed by atoms with Gasteiger partial charge in [0.2, 0.25) is 40.3 Å². The molecule has 0 bridgehead atoms. The zero-order valence-electron chi connectivity index (χ0n) is 36.0. The summed E-state index contributed by atoms with van der Waals surface area (Å²) in [6, 6.07) is 0. The van der Waals surface area contributed by atoms with Gasteiger partial charge in [0.25, 0.3) is 0 Å². The van der Waals surface area contributed by atoms with Crippen molar-refractivity contribution in [3.63, 3.8) is 0 Å². The molecule has 0 radical (unpaired) electrons. The summed E-state index contributed by atoms with van der Waals surface area (Å²) >= 11 is 0. The fourth-order valence-corrected chi connectivity index (χ4v) is 5.47. The Morgan fingerprint density at radius 1 is 0.321 bits per heavy atom. The Hall–Kier alpha value is -3.89.